The first kappa shape index (κ1) is 11.7. The summed E-state index contributed by atoms with van der Waals surface area (Å²) in [5.74, 6) is 0.576. The molecular weight excluding hydrogens is 204 g/mol. The molecule has 2 fully saturated rings. The van der Waals surface area contributed by atoms with Gasteiger partial charge in [0, 0.05) is 19.1 Å². The van der Waals surface area contributed by atoms with Crippen molar-refractivity contribution < 1.29 is 9.53 Å². The molecule has 1 N–H and O–H groups in total. The number of amides is 1. The van der Waals surface area contributed by atoms with Crippen molar-refractivity contribution in [2.45, 2.75) is 51.8 Å². The molecule has 2 heterocycles. The number of nitrogens with zero attached hydrogens (tertiary/aromatic N) is 1. The van der Waals surface area contributed by atoms with Crippen LogP contribution in [0.1, 0.15) is 34.1 Å². The maximum absolute atomic E-state index is 12.1. The summed E-state index contributed by atoms with van der Waals surface area (Å²) < 4.78 is 5.47. The van der Waals surface area contributed by atoms with Gasteiger partial charge >= 0.3 is 6.09 Å². The van der Waals surface area contributed by atoms with Gasteiger partial charge in [0.05, 0.1) is 6.04 Å². The highest BCUT2D eigenvalue weighted by Crippen LogP contribution is 2.32. The zero-order valence-corrected chi connectivity index (χ0v) is 10.6. The fraction of sp³-hybridized carbons (Fsp3) is 0.917. The molecule has 16 heavy (non-hydrogen) atoms. The van der Waals surface area contributed by atoms with Crippen molar-refractivity contribution in [3.05, 3.63) is 0 Å². The minimum atomic E-state index is -0.398. The number of carbonyl (C=O) groups excluding carboxylic acids is 1. The second-order valence-corrected chi connectivity index (χ2v) is 5.98. The third-order valence-electron chi connectivity index (χ3n) is 3.39. The van der Waals surface area contributed by atoms with Crippen LogP contribution in [0, 0.1) is 5.92 Å². The summed E-state index contributed by atoms with van der Waals surface area (Å²) in [5.41, 5.74) is -0.398. The second kappa shape index (κ2) is 3.91. The average Bonchev–Trinajstić information content (AvgIpc) is 2.31. The summed E-state index contributed by atoms with van der Waals surface area (Å²) in [5, 5.41) is 3.38. The highest BCUT2D eigenvalue weighted by Gasteiger charge is 2.45. The Balaban J connectivity index is 2.07. The van der Waals surface area contributed by atoms with Gasteiger partial charge in [0.25, 0.3) is 0 Å². The van der Waals surface area contributed by atoms with Crippen molar-refractivity contribution in [3.63, 3.8) is 0 Å². The van der Waals surface area contributed by atoms with Crippen molar-refractivity contribution in [1.82, 2.24) is 10.2 Å². The predicted octanol–water partition coefficient (Wildman–Crippen LogP) is 1.60. The van der Waals surface area contributed by atoms with Crippen LogP contribution in [0.3, 0.4) is 0 Å². The molecule has 1 amide bonds. The Labute approximate surface area is 97.3 Å². The van der Waals surface area contributed by atoms with Gasteiger partial charge in [-0.25, -0.2) is 4.79 Å². The minimum Gasteiger partial charge on any atom is -0.444 e. The number of hydrogen-bond donors (Lipinski definition) is 1. The molecule has 4 heteroatoms. The van der Waals surface area contributed by atoms with E-state index in [0.29, 0.717) is 18.0 Å². The Morgan fingerprint density at radius 1 is 1.38 bits per heavy atom. The summed E-state index contributed by atoms with van der Waals surface area (Å²) in [6, 6.07) is 0.636. The number of piperazine rings is 1. The number of ether oxygens (including phenoxy) is 1. The Morgan fingerprint density at radius 3 is 2.62 bits per heavy atom. The summed E-state index contributed by atoms with van der Waals surface area (Å²) >= 11 is 0. The van der Waals surface area contributed by atoms with Crippen LogP contribution in [0.15, 0.2) is 0 Å². The molecule has 0 saturated carbocycles. The van der Waals surface area contributed by atoms with E-state index in [9.17, 15) is 4.79 Å². The topological polar surface area (TPSA) is 41.6 Å². The van der Waals surface area contributed by atoms with Crippen LogP contribution in [0.25, 0.3) is 0 Å². The van der Waals surface area contributed by atoms with E-state index < -0.39 is 5.60 Å². The Kier molecular flexibility index (Phi) is 2.86. The molecule has 0 aromatic carbocycles. The van der Waals surface area contributed by atoms with Gasteiger partial charge in [-0.05, 0) is 33.1 Å². The maximum Gasteiger partial charge on any atom is 0.410 e. The second-order valence-electron chi connectivity index (χ2n) is 5.98. The fourth-order valence-electron chi connectivity index (χ4n) is 2.72. The zero-order chi connectivity index (χ0) is 11.9. The number of fused-ring (bicyclic) bond motifs is 2. The van der Waals surface area contributed by atoms with Gasteiger partial charge in [-0.1, -0.05) is 6.92 Å². The molecule has 3 unspecified atom stereocenters. The molecule has 0 spiro atoms. The van der Waals surface area contributed by atoms with Crippen LogP contribution in [0.5, 0.6) is 0 Å². The van der Waals surface area contributed by atoms with Gasteiger partial charge in [0.1, 0.15) is 5.60 Å². The number of carbonyl (C=O) groups is 1. The molecule has 2 saturated heterocycles. The predicted molar refractivity (Wildman–Crippen MR) is 62.3 cm³/mol. The Morgan fingerprint density at radius 2 is 2.06 bits per heavy atom. The average molecular weight is 226 g/mol. The van der Waals surface area contributed by atoms with Crippen molar-refractivity contribution in [1.29, 1.82) is 0 Å². The lowest BCUT2D eigenvalue weighted by Gasteiger charge is -2.37. The van der Waals surface area contributed by atoms with Crippen molar-refractivity contribution in [2.24, 2.45) is 5.92 Å². The molecule has 0 radical (unpaired) electrons. The van der Waals surface area contributed by atoms with E-state index >= 15 is 0 Å². The minimum absolute atomic E-state index is 0.145. The lowest BCUT2D eigenvalue weighted by Crippen LogP contribution is -2.55. The first-order valence-corrected chi connectivity index (χ1v) is 6.10. The van der Waals surface area contributed by atoms with Crippen LogP contribution in [0.4, 0.5) is 4.79 Å². The van der Waals surface area contributed by atoms with Crippen LogP contribution >= 0.6 is 0 Å². The summed E-state index contributed by atoms with van der Waals surface area (Å²) in [6.07, 6.45) is 0.949. The van der Waals surface area contributed by atoms with E-state index in [0.717, 1.165) is 19.5 Å². The van der Waals surface area contributed by atoms with Crippen LogP contribution < -0.4 is 5.32 Å². The van der Waals surface area contributed by atoms with Crippen LogP contribution in [0.2, 0.25) is 0 Å². The highest BCUT2D eigenvalue weighted by molar-refractivity contribution is 5.69. The van der Waals surface area contributed by atoms with E-state index in [2.05, 4.69) is 12.2 Å². The van der Waals surface area contributed by atoms with Crippen molar-refractivity contribution >= 4 is 6.09 Å². The maximum atomic E-state index is 12.1. The number of rotatable bonds is 0. The first-order valence-electron chi connectivity index (χ1n) is 6.10. The quantitative estimate of drug-likeness (QED) is 0.682. The third-order valence-corrected chi connectivity index (χ3v) is 3.39. The van der Waals surface area contributed by atoms with E-state index in [1.807, 2.05) is 25.7 Å². The van der Waals surface area contributed by atoms with E-state index in [-0.39, 0.29) is 6.09 Å². The molecule has 0 aliphatic carbocycles. The standard InChI is InChI=1S/C12H22N2O2/c1-8-5-9-6-13-7-10(8)14(9)11(15)16-12(2,3)4/h8-10,13H,5-7H2,1-4H3. The highest BCUT2D eigenvalue weighted by atomic mass is 16.6. The molecule has 4 nitrogen and oxygen atoms in total. The van der Waals surface area contributed by atoms with E-state index in [1.54, 1.807) is 0 Å². The van der Waals surface area contributed by atoms with Gasteiger partial charge < -0.3 is 10.1 Å². The summed E-state index contributed by atoms with van der Waals surface area (Å²) in [7, 11) is 0. The lowest BCUT2D eigenvalue weighted by atomic mass is 10.0. The van der Waals surface area contributed by atoms with Crippen molar-refractivity contribution in [3.8, 4) is 0 Å². The molecule has 2 rings (SSSR count). The van der Waals surface area contributed by atoms with Gasteiger partial charge in [-0.15, -0.1) is 0 Å². The monoisotopic (exact) mass is 226 g/mol. The molecular formula is C12H22N2O2. The SMILES string of the molecule is CC1CC2CNCC1N2C(=O)OC(C)(C)C. The Hall–Kier alpha value is -0.770. The van der Waals surface area contributed by atoms with Gasteiger partial charge in [0.2, 0.25) is 0 Å². The number of hydrogen-bond acceptors (Lipinski definition) is 3. The van der Waals surface area contributed by atoms with Gasteiger partial charge in [-0.2, -0.15) is 0 Å². The fourth-order valence-corrected chi connectivity index (χ4v) is 2.72. The van der Waals surface area contributed by atoms with Crippen molar-refractivity contribution in [2.75, 3.05) is 13.1 Å². The largest absolute Gasteiger partial charge is 0.444 e. The van der Waals surface area contributed by atoms with Crippen LogP contribution in [-0.4, -0.2) is 41.8 Å². The molecule has 0 aromatic heterocycles. The van der Waals surface area contributed by atoms with E-state index in [4.69, 9.17) is 4.74 Å². The first-order chi connectivity index (χ1) is 7.38. The molecule has 2 aliphatic heterocycles. The molecule has 2 aliphatic rings. The van der Waals surface area contributed by atoms with Gasteiger partial charge in [-0.3, -0.25) is 4.90 Å². The molecule has 92 valence electrons. The Bertz CT molecular complexity index is 285. The normalized spacial score (nSPS) is 34.0. The third kappa shape index (κ3) is 2.17. The smallest absolute Gasteiger partial charge is 0.410 e. The molecule has 3 atom stereocenters. The molecule has 2 bridgehead atoms. The zero-order valence-electron chi connectivity index (χ0n) is 10.6. The summed E-state index contributed by atoms with van der Waals surface area (Å²) in [6.45, 7) is 9.77. The van der Waals surface area contributed by atoms with Crippen LogP contribution in [-0.2, 0) is 4.74 Å². The van der Waals surface area contributed by atoms with E-state index in [1.165, 1.54) is 0 Å². The number of nitrogens with one attached hydrogen (secondary N) is 1. The lowest BCUT2D eigenvalue weighted by molar-refractivity contribution is 0.00862. The summed E-state index contributed by atoms with van der Waals surface area (Å²) in [4.78, 5) is 14.0. The van der Waals surface area contributed by atoms with Gasteiger partial charge in [0.15, 0.2) is 0 Å². The molecule has 0 aromatic rings.